The number of nitrogen functional groups attached to an aromatic ring is 1. The molecule has 0 radical (unpaired) electrons. The van der Waals surface area contributed by atoms with Gasteiger partial charge in [-0.2, -0.15) is 9.97 Å². The van der Waals surface area contributed by atoms with Gasteiger partial charge in [-0.3, -0.25) is 18.1 Å². The zero-order chi connectivity index (χ0) is 24.7. The maximum atomic E-state index is 13.1. The highest BCUT2D eigenvalue weighted by atomic mass is 33.1. The minimum atomic E-state index is -3.87. The Morgan fingerprint density at radius 3 is 2.88 bits per heavy atom. The molecule has 0 aromatic carbocycles. The first-order valence-electron chi connectivity index (χ1n) is 10.8. The Bertz CT molecular complexity index is 1080. The Balaban J connectivity index is 1.49. The van der Waals surface area contributed by atoms with E-state index in [0.717, 1.165) is 0 Å². The molecule has 0 amide bonds. The summed E-state index contributed by atoms with van der Waals surface area (Å²) < 4.78 is 42.8. The summed E-state index contributed by atoms with van der Waals surface area (Å²) in [5.41, 5.74) is 4.94. The van der Waals surface area contributed by atoms with Gasteiger partial charge < -0.3 is 20.3 Å². The summed E-state index contributed by atoms with van der Waals surface area (Å²) in [6, 6.07) is 0. The molecule has 2 aromatic heterocycles. The maximum absolute atomic E-state index is 13.1. The van der Waals surface area contributed by atoms with Gasteiger partial charge in [0.1, 0.15) is 17.8 Å². The fourth-order valence-corrected chi connectivity index (χ4v) is 7.35. The van der Waals surface area contributed by atoms with Crippen molar-refractivity contribution in [2.24, 2.45) is 0 Å². The Kier molecular flexibility index (Phi) is 7.43. The van der Waals surface area contributed by atoms with Crippen molar-refractivity contribution >= 4 is 46.5 Å². The van der Waals surface area contributed by atoms with Crippen molar-refractivity contribution in [2.45, 2.75) is 63.4 Å². The molecule has 2 aliphatic rings. The van der Waals surface area contributed by atoms with Crippen LogP contribution in [-0.4, -0.2) is 72.8 Å². The molecule has 0 unspecified atom stereocenters. The summed E-state index contributed by atoms with van der Waals surface area (Å²) in [5, 5.41) is 11.4. The van der Waals surface area contributed by atoms with Gasteiger partial charge in [-0.1, -0.05) is 42.4 Å². The number of ether oxygens (including phenoxy) is 2. The Hall–Kier alpha value is -1.12. The average Bonchev–Trinajstić information content (AvgIpc) is 3.25. The minimum absolute atomic E-state index is 0.00673. The van der Waals surface area contributed by atoms with Crippen molar-refractivity contribution < 1.29 is 32.7 Å². The lowest BCUT2D eigenvalue weighted by atomic mass is 9.96. The van der Waals surface area contributed by atoms with Crippen LogP contribution in [0.3, 0.4) is 0 Å². The second kappa shape index (κ2) is 9.74. The van der Waals surface area contributed by atoms with Gasteiger partial charge in [0.15, 0.2) is 17.4 Å². The number of imidazole rings is 1. The lowest BCUT2D eigenvalue weighted by Gasteiger charge is -2.35. The first-order valence-corrected chi connectivity index (χ1v) is 14.6. The molecule has 2 aromatic rings. The lowest BCUT2D eigenvalue weighted by Crippen LogP contribution is -2.47. The van der Waals surface area contributed by atoms with Crippen LogP contribution in [0.1, 0.15) is 40.8 Å². The van der Waals surface area contributed by atoms with Gasteiger partial charge in [-0.25, -0.2) is 9.55 Å². The third-order valence-electron chi connectivity index (χ3n) is 5.02. The number of hydrogen-bond acceptors (Lipinski definition) is 13. The van der Waals surface area contributed by atoms with Gasteiger partial charge >= 0.3 is 7.82 Å². The van der Waals surface area contributed by atoms with E-state index in [2.05, 4.69) is 35.7 Å². The molecule has 0 aliphatic carbocycles. The summed E-state index contributed by atoms with van der Waals surface area (Å²) >= 11 is 0. The SMILES string of the molecule is CCOc1nc(N)nc2c1ncn2[C@@H]1O[C@@H]2CO[P@@](=O)(OCCSSC(C)(C)C)O[C@H]2[C@@]1(C)O. The van der Waals surface area contributed by atoms with E-state index in [9.17, 15) is 9.67 Å². The lowest BCUT2D eigenvalue weighted by molar-refractivity contribution is -0.0907. The van der Waals surface area contributed by atoms with Crippen LogP contribution in [0.4, 0.5) is 5.95 Å². The number of anilines is 1. The molecular weight excluding hydrogens is 505 g/mol. The Labute approximate surface area is 205 Å². The van der Waals surface area contributed by atoms with E-state index >= 15 is 0 Å². The fourth-order valence-electron chi connectivity index (χ4n) is 3.66. The van der Waals surface area contributed by atoms with Crippen LogP contribution in [0.15, 0.2) is 6.33 Å². The quantitative estimate of drug-likeness (QED) is 0.289. The molecule has 2 aliphatic heterocycles. The molecule has 0 spiro atoms. The van der Waals surface area contributed by atoms with Crippen molar-refractivity contribution in [3.8, 4) is 5.88 Å². The van der Waals surface area contributed by atoms with E-state index in [0.29, 0.717) is 23.5 Å². The van der Waals surface area contributed by atoms with Crippen molar-refractivity contribution in [3.05, 3.63) is 6.33 Å². The molecule has 3 N–H and O–H groups in total. The molecule has 34 heavy (non-hydrogen) atoms. The number of fused-ring (bicyclic) bond motifs is 2. The number of hydrogen-bond donors (Lipinski definition) is 2. The van der Waals surface area contributed by atoms with Crippen LogP contribution < -0.4 is 10.5 Å². The van der Waals surface area contributed by atoms with Gasteiger partial charge in [0.2, 0.25) is 11.8 Å². The number of phosphoric acid groups is 1. The predicted octanol–water partition coefficient (Wildman–Crippen LogP) is 3.18. The molecule has 5 atom stereocenters. The summed E-state index contributed by atoms with van der Waals surface area (Å²) in [5.74, 6) is 0.832. The number of aromatic nitrogens is 4. The third-order valence-corrected chi connectivity index (χ3v) is 9.78. The number of nitrogens with zero attached hydrogens (tertiary/aromatic N) is 4. The van der Waals surface area contributed by atoms with Crippen molar-refractivity contribution in [1.82, 2.24) is 19.5 Å². The van der Waals surface area contributed by atoms with E-state index in [1.807, 2.05) is 6.92 Å². The highest BCUT2D eigenvalue weighted by molar-refractivity contribution is 8.77. The molecule has 15 heteroatoms. The Morgan fingerprint density at radius 1 is 1.41 bits per heavy atom. The summed E-state index contributed by atoms with van der Waals surface area (Å²) in [4.78, 5) is 12.6. The molecule has 12 nitrogen and oxygen atoms in total. The van der Waals surface area contributed by atoms with Crippen LogP contribution in [-0.2, 0) is 22.9 Å². The average molecular weight is 536 g/mol. The highest BCUT2D eigenvalue weighted by Crippen LogP contribution is 2.59. The second-order valence-corrected chi connectivity index (χ2v) is 13.9. The first-order chi connectivity index (χ1) is 15.9. The molecule has 190 valence electrons. The van der Waals surface area contributed by atoms with Crippen molar-refractivity contribution in [2.75, 3.05) is 31.3 Å². The van der Waals surface area contributed by atoms with Gasteiger partial charge in [0.05, 0.1) is 26.1 Å². The molecule has 0 saturated carbocycles. The highest BCUT2D eigenvalue weighted by Gasteiger charge is 2.60. The topological polar surface area (TPSA) is 153 Å². The second-order valence-electron chi connectivity index (χ2n) is 9.02. The predicted molar refractivity (Wildman–Crippen MR) is 130 cm³/mol. The van der Waals surface area contributed by atoms with E-state index in [1.165, 1.54) is 17.8 Å². The van der Waals surface area contributed by atoms with E-state index in [4.69, 9.17) is 28.8 Å². The van der Waals surface area contributed by atoms with Crippen molar-refractivity contribution in [1.29, 1.82) is 0 Å². The molecule has 4 heterocycles. The van der Waals surface area contributed by atoms with Crippen molar-refractivity contribution in [3.63, 3.8) is 0 Å². The monoisotopic (exact) mass is 535 g/mol. The minimum Gasteiger partial charge on any atom is -0.476 e. The fraction of sp³-hybridized carbons (Fsp3) is 0.737. The zero-order valence-electron chi connectivity index (χ0n) is 19.7. The normalized spacial score (nSPS) is 31.6. The van der Waals surface area contributed by atoms with Gasteiger partial charge in [0, 0.05) is 10.5 Å². The number of rotatable bonds is 8. The smallest absolute Gasteiger partial charge is 0.475 e. The molecule has 2 saturated heterocycles. The zero-order valence-corrected chi connectivity index (χ0v) is 22.2. The first kappa shape index (κ1) is 26.0. The standard InChI is InChI=1S/C19H30N5O7PS2/c1-6-27-15-12-14(22-17(20)23-15)24(10-21-12)16-19(5,25)13-11(30-16)9-29-32(26,31-13)28-7-8-33-34-18(2,3)4/h10-11,13,16,25H,6-9H2,1-5H3,(H2,20,22,23)/t11-,13-,16-,19-,32-/m1/s1. The van der Waals surface area contributed by atoms with E-state index in [-0.39, 0.29) is 29.8 Å². The van der Waals surface area contributed by atoms with Gasteiger partial charge in [-0.05, 0) is 13.8 Å². The van der Waals surface area contributed by atoms with Gasteiger partial charge in [0.25, 0.3) is 0 Å². The van der Waals surface area contributed by atoms with Crippen LogP contribution >= 0.6 is 29.4 Å². The third kappa shape index (κ3) is 5.34. The molecule has 4 rings (SSSR count). The molecule has 0 bridgehead atoms. The summed E-state index contributed by atoms with van der Waals surface area (Å²) in [7, 11) is -0.551. The van der Waals surface area contributed by atoms with Gasteiger partial charge in [-0.15, -0.1) is 0 Å². The van der Waals surface area contributed by atoms with E-state index in [1.54, 1.807) is 21.6 Å². The summed E-state index contributed by atoms with van der Waals surface area (Å²) in [6.07, 6.45) is -1.15. The Morgan fingerprint density at radius 2 is 2.18 bits per heavy atom. The molecular formula is C19H30N5O7PS2. The number of aliphatic hydroxyl groups is 1. The number of phosphoric ester groups is 1. The summed E-state index contributed by atoms with van der Waals surface area (Å²) in [6.45, 7) is 10.2. The van der Waals surface area contributed by atoms with Crippen LogP contribution in [0.25, 0.3) is 11.2 Å². The molecule has 2 fully saturated rings. The van der Waals surface area contributed by atoms with Crippen LogP contribution in [0, 0.1) is 0 Å². The number of nitrogens with two attached hydrogens (primary N) is 1. The van der Waals surface area contributed by atoms with Crippen LogP contribution in [0.5, 0.6) is 5.88 Å². The maximum Gasteiger partial charge on any atom is 0.475 e. The van der Waals surface area contributed by atoms with E-state index < -0.39 is 31.9 Å². The van der Waals surface area contributed by atoms with Crippen LogP contribution in [0.2, 0.25) is 0 Å². The largest absolute Gasteiger partial charge is 0.476 e.